The largest absolute Gasteiger partial charge is 0.394 e. The van der Waals surface area contributed by atoms with Crippen LogP contribution < -0.4 is 0 Å². The van der Waals surface area contributed by atoms with Gasteiger partial charge in [0.25, 0.3) is 0 Å². The Balaban J connectivity index is 1.03. The van der Waals surface area contributed by atoms with Gasteiger partial charge >= 0.3 is 0 Å². The highest BCUT2D eigenvalue weighted by Crippen LogP contribution is 2.76. The molecule has 8 rings (SSSR count). The lowest BCUT2D eigenvalue weighted by molar-refractivity contribution is -0.383. The molecule has 4 aliphatic heterocycles. The van der Waals surface area contributed by atoms with Crippen LogP contribution in [-0.2, 0) is 37.9 Å². The van der Waals surface area contributed by atoms with Crippen LogP contribution in [0.1, 0.15) is 107 Å². The molecule has 0 aromatic carbocycles. The van der Waals surface area contributed by atoms with Gasteiger partial charge in [0.2, 0.25) is 0 Å². The highest BCUT2D eigenvalue weighted by molar-refractivity contribution is 5.21. The predicted octanol–water partition coefficient (Wildman–Crippen LogP) is -2.59. The van der Waals surface area contributed by atoms with Gasteiger partial charge in [0.15, 0.2) is 25.2 Å². The molecule has 30 atom stereocenters. The van der Waals surface area contributed by atoms with Crippen molar-refractivity contribution in [3.8, 4) is 0 Å². The van der Waals surface area contributed by atoms with E-state index in [1.165, 1.54) is 0 Å². The maximum atomic E-state index is 12.8. The third-order valence-corrected chi connectivity index (χ3v) is 20.4. The zero-order chi connectivity index (χ0) is 55.9. The molecule has 4 saturated heterocycles. The molecular formula is C53H90O23. The molecule has 8 aliphatic rings. The zero-order valence-corrected chi connectivity index (χ0v) is 45.0. The van der Waals surface area contributed by atoms with E-state index in [1.807, 2.05) is 34.6 Å². The van der Waals surface area contributed by atoms with Crippen molar-refractivity contribution in [1.29, 1.82) is 0 Å². The smallest absolute Gasteiger partial charge is 0.187 e. The number of allylic oxidation sites excluding steroid dienone is 2. The number of aliphatic hydroxyl groups is 15. The van der Waals surface area contributed by atoms with Gasteiger partial charge in [0.1, 0.15) is 91.6 Å². The second-order valence-electron chi connectivity index (χ2n) is 25.5. The molecule has 4 aliphatic carbocycles. The highest BCUT2D eigenvalue weighted by Gasteiger charge is 2.73. The Kier molecular flexibility index (Phi) is 18.3. The van der Waals surface area contributed by atoms with E-state index in [2.05, 4.69) is 26.8 Å². The van der Waals surface area contributed by atoms with Gasteiger partial charge in [-0.2, -0.15) is 0 Å². The molecule has 23 nitrogen and oxygen atoms in total. The fraction of sp³-hybridized carbons (Fsp3) is 0.962. The fourth-order valence-corrected chi connectivity index (χ4v) is 16.1. The van der Waals surface area contributed by atoms with Crippen molar-refractivity contribution in [3.63, 3.8) is 0 Å². The molecule has 0 radical (unpaired) electrons. The monoisotopic (exact) mass is 1090 g/mol. The zero-order valence-electron chi connectivity index (χ0n) is 45.0. The third kappa shape index (κ3) is 10.5. The normalized spacial score (nSPS) is 53.2. The predicted molar refractivity (Wildman–Crippen MR) is 262 cm³/mol. The van der Waals surface area contributed by atoms with Crippen LogP contribution in [0.3, 0.4) is 0 Å². The van der Waals surface area contributed by atoms with Gasteiger partial charge < -0.3 is 114 Å². The summed E-state index contributed by atoms with van der Waals surface area (Å²) in [6, 6.07) is 0. The second-order valence-corrected chi connectivity index (χ2v) is 25.5. The highest BCUT2D eigenvalue weighted by atomic mass is 16.8. The Morgan fingerprint density at radius 2 is 1.16 bits per heavy atom. The van der Waals surface area contributed by atoms with Crippen LogP contribution in [-0.4, -0.2) is 244 Å². The molecule has 0 aromatic heterocycles. The maximum Gasteiger partial charge on any atom is 0.187 e. The van der Waals surface area contributed by atoms with Gasteiger partial charge in [0.05, 0.1) is 50.3 Å². The van der Waals surface area contributed by atoms with Crippen LogP contribution >= 0.6 is 0 Å². The first-order chi connectivity index (χ1) is 35.5. The topological polar surface area (TPSA) is 377 Å². The van der Waals surface area contributed by atoms with E-state index >= 15 is 0 Å². The quantitative estimate of drug-likeness (QED) is 0.0591. The Hall–Kier alpha value is -1.18. The number of rotatable bonds is 15. The van der Waals surface area contributed by atoms with Gasteiger partial charge in [-0.25, -0.2) is 0 Å². The van der Waals surface area contributed by atoms with Crippen molar-refractivity contribution in [3.05, 3.63) is 11.6 Å². The van der Waals surface area contributed by atoms with Crippen LogP contribution in [0.4, 0.5) is 0 Å². The standard InChI is InChI=1S/C53H90O23/c1-22(2)10-9-13-53(8,76-47-42(68)38(64)36(62)29(73-47)21-70-45-40(66)33(59)26(58)20-69-45)23-11-14-52(7)32(23)24(56)16-31-50(5)17-25(57)44(49(3,4)30(50)12-15-51(31,52)6)75-48-43(39(65)35(61)28(19-55)72-48)74-46-41(67)37(63)34(60)27(18-54)71-46/h10,23-48,54-68H,9,11-21H2,1-8H3/t23-,24-,25-,26+,27-,28+,29-,30-,31-,32+,33+,34-,35+,36-,37+,38+,39-,40+,41+,42-,43-,44+,45-,46+,47-,48+,50+,51-,52+,53+/m0/s1. The van der Waals surface area contributed by atoms with Crippen LogP contribution in [0.25, 0.3) is 0 Å². The lowest BCUT2D eigenvalue weighted by Crippen LogP contribution is -2.70. The molecule has 15 N–H and O–H groups in total. The van der Waals surface area contributed by atoms with E-state index in [4.69, 9.17) is 37.9 Å². The summed E-state index contributed by atoms with van der Waals surface area (Å²) < 4.78 is 48.5. The van der Waals surface area contributed by atoms with Crippen molar-refractivity contribution < 1.29 is 114 Å². The first-order valence-electron chi connectivity index (χ1n) is 27.4. The molecule has 4 heterocycles. The molecule has 0 unspecified atom stereocenters. The number of ether oxygens (including phenoxy) is 8. The van der Waals surface area contributed by atoms with E-state index in [-0.39, 0.29) is 36.7 Å². The van der Waals surface area contributed by atoms with Gasteiger partial charge in [-0.05, 0) is 117 Å². The Labute approximate surface area is 444 Å². The summed E-state index contributed by atoms with van der Waals surface area (Å²) in [5, 5.41) is 164. The lowest BCUT2D eigenvalue weighted by Gasteiger charge is -2.71. The number of aliphatic hydroxyl groups excluding tert-OH is 15. The van der Waals surface area contributed by atoms with E-state index in [9.17, 15) is 76.6 Å². The number of hydrogen-bond donors (Lipinski definition) is 15. The van der Waals surface area contributed by atoms with Crippen molar-refractivity contribution in [2.75, 3.05) is 26.4 Å². The van der Waals surface area contributed by atoms with Gasteiger partial charge in [-0.1, -0.05) is 46.3 Å². The Morgan fingerprint density at radius 1 is 0.592 bits per heavy atom. The first-order valence-corrected chi connectivity index (χ1v) is 27.4. The number of fused-ring (bicyclic) bond motifs is 5. The summed E-state index contributed by atoms with van der Waals surface area (Å²) in [4.78, 5) is 0. The van der Waals surface area contributed by atoms with Gasteiger partial charge in [-0.3, -0.25) is 0 Å². The van der Waals surface area contributed by atoms with Gasteiger partial charge in [0, 0.05) is 0 Å². The molecular weight excluding hydrogens is 1000 g/mol. The van der Waals surface area contributed by atoms with Crippen LogP contribution in [0.5, 0.6) is 0 Å². The van der Waals surface area contributed by atoms with Crippen molar-refractivity contribution in [2.45, 2.75) is 247 Å². The second kappa shape index (κ2) is 22.9. The SMILES string of the molecule is CC(C)=CCC[C@@](C)(O[C@@H]1O[C@@H](CO[C@@H]2OC[C@@H](O)[C@@H](O)[C@H]2O)[C@H](O)[C@@H](O)[C@@H]1O)[C@H]1CC[C@]2(C)[C@H]1[C@@H](O)C[C@H]1[C@]3(C)C[C@H](O)[C@@H](O[C@H]4O[C@H](CO)[C@@H](O)[C@H](O)[C@@H]4O[C@H]4O[C@@H](CO)[C@H](O)[C@@H](O)[C@H]4O)C(C)(C)[C@@H]3CC[C@@]12C. The summed E-state index contributed by atoms with van der Waals surface area (Å²) in [6.07, 6.45) is -26.8. The fourth-order valence-electron chi connectivity index (χ4n) is 16.1. The number of hydrogen-bond acceptors (Lipinski definition) is 23. The van der Waals surface area contributed by atoms with Crippen LogP contribution in [0.15, 0.2) is 11.6 Å². The summed E-state index contributed by atoms with van der Waals surface area (Å²) in [7, 11) is 0. The Bertz CT molecular complexity index is 1980. The molecule has 0 aromatic rings. The molecule has 440 valence electrons. The molecule has 4 saturated carbocycles. The van der Waals surface area contributed by atoms with Crippen molar-refractivity contribution in [2.24, 2.45) is 45.3 Å². The van der Waals surface area contributed by atoms with E-state index in [0.29, 0.717) is 38.5 Å². The van der Waals surface area contributed by atoms with Crippen LogP contribution in [0.2, 0.25) is 0 Å². The van der Waals surface area contributed by atoms with E-state index in [1.54, 1.807) is 0 Å². The molecule has 0 bridgehead atoms. The van der Waals surface area contributed by atoms with Gasteiger partial charge in [-0.15, -0.1) is 0 Å². The molecule has 0 spiro atoms. The van der Waals surface area contributed by atoms with Crippen molar-refractivity contribution >= 4 is 0 Å². The summed E-state index contributed by atoms with van der Waals surface area (Å²) in [5.74, 6) is -0.872. The minimum atomic E-state index is -1.87. The minimum Gasteiger partial charge on any atom is -0.394 e. The average Bonchev–Trinajstić information content (AvgIpc) is 3.95. The van der Waals surface area contributed by atoms with E-state index in [0.717, 1.165) is 12.0 Å². The van der Waals surface area contributed by atoms with E-state index < -0.39 is 182 Å². The van der Waals surface area contributed by atoms with Crippen molar-refractivity contribution in [1.82, 2.24) is 0 Å². The minimum absolute atomic E-state index is 0.123. The first kappa shape index (κ1) is 60.9. The Morgan fingerprint density at radius 3 is 1.79 bits per heavy atom. The molecule has 76 heavy (non-hydrogen) atoms. The molecule has 8 fully saturated rings. The maximum absolute atomic E-state index is 12.8. The van der Waals surface area contributed by atoms with Crippen LogP contribution in [0, 0.1) is 45.3 Å². The molecule has 23 heteroatoms. The average molecular weight is 1100 g/mol. The summed E-state index contributed by atoms with van der Waals surface area (Å²) in [6.45, 7) is 14.4. The third-order valence-electron chi connectivity index (χ3n) is 20.4. The lowest BCUT2D eigenvalue weighted by atomic mass is 9.35. The summed E-state index contributed by atoms with van der Waals surface area (Å²) in [5.41, 5.74) is -2.32. The summed E-state index contributed by atoms with van der Waals surface area (Å²) >= 11 is 0. The molecule has 0 amide bonds.